The molecule has 4 nitrogen and oxygen atoms in total. The molecular formula is C20H27NO3. The van der Waals surface area contributed by atoms with Crippen molar-refractivity contribution in [2.24, 2.45) is 0 Å². The molecule has 1 aromatic carbocycles. The molecule has 1 saturated carbocycles. The van der Waals surface area contributed by atoms with Gasteiger partial charge in [-0.2, -0.15) is 0 Å². The predicted octanol–water partition coefficient (Wildman–Crippen LogP) is 4.12. The van der Waals surface area contributed by atoms with Gasteiger partial charge in [0.15, 0.2) is 0 Å². The molecule has 1 aliphatic heterocycles. The SMILES string of the molecule is Cc1c(CO)oc2ccc(N3CCOCC3)c(C3CCCCC3)c12. The lowest BCUT2D eigenvalue weighted by Crippen LogP contribution is -2.37. The van der Waals surface area contributed by atoms with Crippen molar-refractivity contribution >= 4 is 16.7 Å². The van der Waals surface area contributed by atoms with Crippen molar-refractivity contribution in [3.05, 3.63) is 29.0 Å². The summed E-state index contributed by atoms with van der Waals surface area (Å²) in [6.45, 7) is 5.57. The zero-order chi connectivity index (χ0) is 16.5. The average Bonchev–Trinajstić information content (AvgIpc) is 2.98. The molecule has 0 unspecified atom stereocenters. The highest BCUT2D eigenvalue weighted by molar-refractivity contribution is 5.91. The van der Waals surface area contributed by atoms with Crippen LogP contribution < -0.4 is 4.90 Å². The molecule has 24 heavy (non-hydrogen) atoms. The van der Waals surface area contributed by atoms with E-state index in [4.69, 9.17) is 9.15 Å². The quantitative estimate of drug-likeness (QED) is 0.920. The van der Waals surface area contributed by atoms with Gasteiger partial charge in [-0.1, -0.05) is 19.3 Å². The maximum Gasteiger partial charge on any atom is 0.135 e. The minimum absolute atomic E-state index is 0.0303. The zero-order valence-corrected chi connectivity index (χ0v) is 14.5. The monoisotopic (exact) mass is 329 g/mol. The van der Waals surface area contributed by atoms with Crippen molar-refractivity contribution in [2.45, 2.75) is 51.6 Å². The smallest absolute Gasteiger partial charge is 0.135 e. The lowest BCUT2D eigenvalue weighted by atomic mass is 9.81. The number of furan rings is 1. The molecule has 1 aromatic heterocycles. The van der Waals surface area contributed by atoms with Crippen molar-refractivity contribution in [1.82, 2.24) is 0 Å². The van der Waals surface area contributed by atoms with Crippen molar-refractivity contribution in [2.75, 3.05) is 31.2 Å². The van der Waals surface area contributed by atoms with Crippen LogP contribution in [0.15, 0.2) is 16.5 Å². The van der Waals surface area contributed by atoms with E-state index in [1.807, 2.05) is 0 Å². The molecular weight excluding hydrogens is 302 g/mol. The number of benzene rings is 1. The summed E-state index contributed by atoms with van der Waals surface area (Å²) in [4.78, 5) is 2.47. The first kappa shape index (κ1) is 16.0. The van der Waals surface area contributed by atoms with E-state index in [0.29, 0.717) is 11.7 Å². The van der Waals surface area contributed by atoms with Gasteiger partial charge < -0.3 is 19.2 Å². The van der Waals surface area contributed by atoms with Crippen LogP contribution in [-0.2, 0) is 11.3 Å². The molecule has 2 heterocycles. The number of nitrogens with zero attached hydrogens (tertiary/aromatic N) is 1. The third-order valence-electron chi connectivity index (χ3n) is 5.72. The molecule has 4 rings (SSSR count). The van der Waals surface area contributed by atoms with Crippen LogP contribution in [0.1, 0.15) is 54.9 Å². The molecule has 1 saturated heterocycles. The van der Waals surface area contributed by atoms with Crippen LogP contribution in [0.2, 0.25) is 0 Å². The summed E-state index contributed by atoms with van der Waals surface area (Å²) in [6.07, 6.45) is 6.50. The van der Waals surface area contributed by atoms with Gasteiger partial charge in [0.05, 0.1) is 13.2 Å². The fourth-order valence-corrected chi connectivity index (χ4v) is 4.44. The first-order chi connectivity index (χ1) is 11.8. The van der Waals surface area contributed by atoms with Crippen LogP contribution in [0.5, 0.6) is 0 Å². The normalized spacial score (nSPS) is 20.0. The molecule has 2 aliphatic rings. The largest absolute Gasteiger partial charge is 0.458 e. The van der Waals surface area contributed by atoms with Crippen LogP contribution in [0, 0.1) is 6.92 Å². The number of aliphatic hydroxyl groups excluding tert-OH is 1. The van der Waals surface area contributed by atoms with Gasteiger partial charge in [-0.25, -0.2) is 0 Å². The van der Waals surface area contributed by atoms with Crippen molar-refractivity contribution in [3.63, 3.8) is 0 Å². The molecule has 0 bridgehead atoms. The topological polar surface area (TPSA) is 45.8 Å². The highest BCUT2D eigenvalue weighted by atomic mass is 16.5. The summed E-state index contributed by atoms with van der Waals surface area (Å²) in [6, 6.07) is 4.31. The van der Waals surface area contributed by atoms with E-state index in [-0.39, 0.29) is 6.61 Å². The number of hydrogen-bond donors (Lipinski definition) is 1. The number of morpholine rings is 1. The molecule has 130 valence electrons. The Morgan fingerprint density at radius 1 is 1.12 bits per heavy atom. The number of ether oxygens (including phenoxy) is 1. The second-order valence-corrected chi connectivity index (χ2v) is 7.11. The summed E-state index contributed by atoms with van der Waals surface area (Å²) in [5.74, 6) is 1.31. The predicted molar refractivity (Wildman–Crippen MR) is 95.7 cm³/mol. The Morgan fingerprint density at radius 2 is 1.88 bits per heavy atom. The van der Waals surface area contributed by atoms with Gasteiger partial charge in [0.1, 0.15) is 18.0 Å². The third-order valence-corrected chi connectivity index (χ3v) is 5.72. The van der Waals surface area contributed by atoms with Crippen LogP contribution in [0.4, 0.5) is 5.69 Å². The van der Waals surface area contributed by atoms with E-state index in [1.165, 1.54) is 48.7 Å². The highest BCUT2D eigenvalue weighted by Gasteiger charge is 2.27. The Balaban J connectivity index is 1.88. The third kappa shape index (κ3) is 2.72. The summed E-state index contributed by atoms with van der Waals surface area (Å²) < 4.78 is 11.5. The Hall–Kier alpha value is -1.52. The van der Waals surface area contributed by atoms with Crippen LogP contribution in [-0.4, -0.2) is 31.4 Å². The fraction of sp³-hybridized carbons (Fsp3) is 0.600. The molecule has 2 aromatic rings. The Morgan fingerprint density at radius 3 is 2.58 bits per heavy atom. The van der Waals surface area contributed by atoms with E-state index in [0.717, 1.165) is 37.4 Å². The van der Waals surface area contributed by atoms with E-state index < -0.39 is 0 Å². The molecule has 1 aliphatic carbocycles. The van der Waals surface area contributed by atoms with Crippen molar-refractivity contribution in [1.29, 1.82) is 0 Å². The average molecular weight is 329 g/mol. The molecule has 1 N–H and O–H groups in total. The minimum Gasteiger partial charge on any atom is -0.458 e. The molecule has 0 amide bonds. The van der Waals surface area contributed by atoms with Gasteiger partial charge in [-0.05, 0) is 43.4 Å². The number of aryl methyl sites for hydroxylation is 1. The number of rotatable bonds is 3. The number of anilines is 1. The van der Waals surface area contributed by atoms with Gasteiger partial charge in [0, 0.05) is 29.7 Å². The summed E-state index contributed by atoms with van der Waals surface area (Å²) in [7, 11) is 0. The van der Waals surface area contributed by atoms with E-state index in [1.54, 1.807) is 0 Å². The number of fused-ring (bicyclic) bond motifs is 1. The van der Waals surface area contributed by atoms with Crippen LogP contribution in [0.3, 0.4) is 0 Å². The lowest BCUT2D eigenvalue weighted by Gasteiger charge is -2.34. The van der Waals surface area contributed by atoms with Crippen LogP contribution >= 0.6 is 0 Å². The van der Waals surface area contributed by atoms with E-state index >= 15 is 0 Å². The van der Waals surface area contributed by atoms with Gasteiger partial charge in [-0.3, -0.25) is 0 Å². The molecule has 2 fully saturated rings. The van der Waals surface area contributed by atoms with Crippen molar-refractivity contribution < 1.29 is 14.3 Å². The summed E-state index contributed by atoms with van der Waals surface area (Å²) in [5, 5.41) is 10.9. The molecule has 0 radical (unpaired) electrons. The first-order valence-corrected chi connectivity index (χ1v) is 9.28. The van der Waals surface area contributed by atoms with Gasteiger partial charge in [0.2, 0.25) is 0 Å². The number of hydrogen-bond acceptors (Lipinski definition) is 4. The Bertz CT molecular complexity index is 709. The molecule has 0 spiro atoms. The van der Waals surface area contributed by atoms with Gasteiger partial charge in [-0.15, -0.1) is 0 Å². The summed E-state index contributed by atoms with van der Waals surface area (Å²) >= 11 is 0. The molecule has 0 atom stereocenters. The maximum atomic E-state index is 9.62. The van der Waals surface area contributed by atoms with Crippen LogP contribution in [0.25, 0.3) is 11.0 Å². The van der Waals surface area contributed by atoms with Gasteiger partial charge in [0.25, 0.3) is 0 Å². The van der Waals surface area contributed by atoms with E-state index in [9.17, 15) is 5.11 Å². The highest BCUT2D eigenvalue weighted by Crippen LogP contribution is 2.44. The van der Waals surface area contributed by atoms with Gasteiger partial charge >= 0.3 is 0 Å². The zero-order valence-electron chi connectivity index (χ0n) is 14.5. The Kier molecular flexibility index (Phi) is 4.51. The standard InChI is InChI=1S/C20H27NO3/c1-14-18(13-22)24-17-8-7-16(21-9-11-23-12-10-21)20(19(14)17)15-5-3-2-4-6-15/h7-8,15,22H,2-6,9-13H2,1H3. The molecule has 4 heteroatoms. The lowest BCUT2D eigenvalue weighted by molar-refractivity contribution is 0.122. The first-order valence-electron chi connectivity index (χ1n) is 9.28. The number of aliphatic hydroxyl groups is 1. The van der Waals surface area contributed by atoms with E-state index in [2.05, 4.69) is 24.0 Å². The summed E-state index contributed by atoms with van der Waals surface area (Å²) in [5.41, 5.74) is 4.85. The maximum absolute atomic E-state index is 9.62. The van der Waals surface area contributed by atoms with Crippen molar-refractivity contribution in [3.8, 4) is 0 Å². The minimum atomic E-state index is -0.0303. The fourth-order valence-electron chi connectivity index (χ4n) is 4.44. The Labute approximate surface area is 143 Å². The second kappa shape index (κ2) is 6.77. The second-order valence-electron chi connectivity index (χ2n) is 7.11.